The number of hydrogen-bond donors (Lipinski definition) is 1. The van der Waals surface area contributed by atoms with Crippen LogP contribution in [0.2, 0.25) is 0 Å². The number of carboxylic acid groups (broad SMARTS) is 1. The topological polar surface area (TPSA) is 85.8 Å². The van der Waals surface area contributed by atoms with Gasteiger partial charge in [0, 0.05) is 25.2 Å². The van der Waals surface area contributed by atoms with Gasteiger partial charge >= 0.3 is 5.97 Å². The average Bonchev–Trinajstić information content (AvgIpc) is 2.82. The number of hydrogen-bond acceptors (Lipinski definition) is 4. The summed E-state index contributed by atoms with van der Waals surface area (Å²) in [6.07, 6.45) is 1.77. The van der Waals surface area contributed by atoms with Crippen LogP contribution in [0.25, 0.3) is 5.82 Å². The zero-order valence-electron chi connectivity index (χ0n) is 9.82. The minimum atomic E-state index is -1.14. The van der Waals surface area contributed by atoms with Crippen LogP contribution >= 0.6 is 0 Å². The lowest BCUT2D eigenvalue weighted by atomic mass is 10.2. The second kappa shape index (κ2) is 4.00. The Morgan fingerprint density at radius 1 is 1.41 bits per heavy atom. The number of aromatic carboxylic acids is 1. The second-order valence-electron chi connectivity index (χ2n) is 4.01. The number of aromatic nitrogens is 5. The van der Waals surface area contributed by atoms with Crippen LogP contribution in [-0.4, -0.2) is 35.6 Å². The van der Waals surface area contributed by atoms with Gasteiger partial charge in [-0.15, -0.1) is 5.10 Å². The Labute approximate surface area is 97.7 Å². The van der Waals surface area contributed by atoms with Crippen LogP contribution in [0.5, 0.6) is 0 Å². The van der Waals surface area contributed by atoms with E-state index >= 15 is 0 Å². The van der Waals surface area contributed by atoms with E-state index in [2.05, 4.69) is 15.2 Å². The van der Waals surface area contributed by atoms with Crippen molar-refractivity contribution in [3.63, 3.8) is 0 Å². The lowest BCUT2D eigenvalue weighted by Gasteiger charge is -2.04. The van der Waals surface area contributed by atoms with E-state index in [0.29, 0.717) is 11.6 Å². The van der Waals surface area contributed by atoms with Crippen LogP contribution in [0, 0.1) is 0 Å². The van der Waals surface area contributed by atoms with Gasteiger partial charge in [0.25, 0.3) is 5.82 Å². The standard InChI is InChI=1S/C10H13N5O2/c1-6(2)9-11-8(10(16)17)13-15(9)7-4-5-14(3)12-7/h4-6H,1-3H3,(H,16,17). The van der Waals surface area contributed by atoms with Crippen molar-refractivity contribution in [1.82, 2.24) is 24.5 Å². The largest absolute Gasteiger partial charge is 0.475 e. The molecule has 0 atom stereocenters. The summed E-state index contributed by atoms with van der Waals surface area (Å²) < 4.78 is 3.09. The van der Waals surface area contributed by atoms with Gasteiger partial charge in [-0.05, 0) is 0 Å². The van der Waals surface area contributed by atoms with Crippen LogP contribution in [0.3, 0.4) is 0 Å². The molecule has 1 N–H and O–H groups in total. The molecular formula is C10H13N5O2. The Morgan fingerprint density at radius 3 is 2.59 bits per heavy atom. The van der Waals surface area contributed by atoms with E-state index in [0.717, 1.165) is 0 Å². The predicted octanol–water partition coefficient (Wildman–Crippen LogP) is 0.822. The molecule has 7 heteroatoms. The van der Waals surface area contributed by atoms with E-state index in [1.54, 1.807) is 24.0 Å². The van der Waals surface area contributed by atoms with Crippen molar-refractivity contribution in [3.05, 3.63) is 23.9 Å². The molecule has 90 valence electrons. The quantitative estimate of drug-likeness (QED) is 0.851. The van der Waals surface area contributed by atoms with Gasteiger partial charge in [0.2, 0.25) is 0 Å². The average molecular weight is 235 g/mol. The number of nitrogens with zero attached hydrogens (tertiary/aromatic N) is 5. The van der Waals surface area contributed by atoms with Gasteiger partial charge in [-0.25, -0.2) is 9.78 Å². The predicted molar refractivity (Wildman–Crippen MR) is 59.2 cm³/mol. The molecular weight excluding hydrogens is 222 g/mol. The summed E-state index contributed by atoms with van der Waals surface area (Å²) in [5.74, 6) is -0.129. The maximum absolute atomic E-state index is 10.9. The highest BCUT2D eigenvalue weighted by Crippen LogP contribution is 2.15. The summed E-state index contributed by atoms with van der Waals surface area (Å²) in [7, 11) is 1.79. The van der Waals surface area contributed by atoms with Gasteiger partial charge in [0.1, 0.15) is 5.82 Å². The van der Waals surface area contributed by atoms with E-state index in [-0.39, 0.29) is 11.7 Å². The highest BCUT2D eigenvalue weighted by Gasteiger charge is 2.19. The van der Waals surface area contributed by atoms with Crippen molar-refractivity contribution >= 4 is 5.97 Å². The van der Waals surface area contributed by atoms with Crippen molar-refractivity contribution < 1.29 is 9.90 Å². The fourth-order valence-electron chi connectivity index (χ4n) is 1.47. The van der Waals surface area contributed by atoms with Crippen LogP contribution in [0.15, 0.2) is 12.3 Å². The van der Waals surface area contributed by atoms with Crippen molar-refractivity contribution in [1.29, 1.82) is 0 Å². The fourth-order valence-corrected chi connectivity index (χ4v) is 1.47. The molecule has 0 bridgehead atoms. The minimum Gasteiger partial charge on any atom is -0.475 e. The molecule has 2 aromatic heterocycles. The SMILES string of the molecule is CC(C)c1nc(C(=O)O)nn1-c1ccn(C)n1. The van der Waals surface area contributed by atoms with E-state index in [1.807, 2.05) is 13.8 Å². The van der Waals surface area contributed by atoms with Gasteiger partial charge in [-0.2, -0.15) is 9.78 Å². The molecule has 2 rings (SSSR count). The molecule has 17 heavy (non-hydrogen) atoms. The van der Waals surface area contributed by atoms with Crippen molar-refractivity contribution in [2.24, 2.45) is 7.05 Å². The highest BCUT2D eigenvalue weighted by atomic mass is 16.4. The summed E-state index contributed by atoms with van der Waals surface area (Å²) >= 11 is 0. The normalized spacial score (nSPS) is 11.1. The summed E-state index contributed by atoms with van der Waals surface area (Å²) in [5.41, 5.74) is 0. The molecule has 0 aliphatic carbocycles. The lowest BCUT2D eigenvalue weighted by Crippen LogP contribution is -2.06. The molecule has 2 heterocycles. The zero-order valence-corrected chi connectivity index (χ0v) is 9.82. The summed E-state index contributed by atoms with van der Waals surface area (Å²) in [4.78, 5) is 14.9. The van der Waals surface area contributed by atoms with E-state index in [9.17, 15) is 4.79 Å². The third kappa shape index (κ3) is 2.03. The van der Waals surface area contributed by atoms with Crippen LogP contribution in [0.1, 0.15) is 36.2 Å². The molecule has 0 aliphatic heterocycles. The number of carboxylic acids is 1. The molecule has 0 spiro atoms. The van der Waals surface area contributed by atoms with Crippen molar-refractivity contribution in [3.8, 4) is 5.82 Å². The van der Waals surface area contributed by atoms with Gasteiger partial charge < -0.3 is 5.11 Å². The first-order valence-corrected chi connectivity index (χ1v) is 5.19. The van der Waals surface area contributed by atoms with Gasteiger partial charge in [0.05, 0.1) is 0 Å². The lowest BCUT2D eigenvalue weighted by molar-refractivity contribution is 0.0683. The summed E-state index contributed by atoms with van der Waals surface area (Å²) in [5, 5.41) is 17.0. The Kier molecular flexibility index (Phi) is 2.66. The first-order chi connectivity index (χ1) is 7.99. The fraction of sp³-hybridized carbons (Fsp3) is 0.400. The summed E-state index contributed by atoms with van der Waals surface area (Å²) in [6.45, 7) is 3.85. The highest BCUT2D eigenvalue weighted by molar-refractivity contribution is 5.83. The van der Waals surface area contributed by atoms with E-state index < -0.39 is 5.97 Å². The van der Waals surface area contributed by atoms with Gasteiger partial charge in [-0.1, -0.05) is 13.8 Å². The molecule has 0 fully saturated rings. The third-order valence-corrected chi connectivity index (χ3v) is 2.26. The van der Waals surface area contributed by atoms with Gasteiger partial charge in [-0.3, -0.25) is 4.68 Å². The van der Waals surface area contributed by atoms with E-state index in [4.69, 9.17) is 5.11 Å². The zero-order chi connectivity index (χ0) is 12.6. The molecule has 0 saturated carbocycles. The molecule has 2 aromatic rings. The molecule has 0 unspecified atom stereocenters. The van der Waals surface area contributed by atoms with Gasteiger partial charge in [0.15, 0.2) is 5.82 Å². The van der Waals surface area contributed by atoms with Crippen LogP contribution < -0.4 is 0 Å². The Balaban J connectivity index is 2.55. The van der Waals surface area contributed by atoms with Crippen molar-refractivity contribution in [2.75, 3.05) is 0 Å². The molecule has 0 aromatic carbocycles. The van der Waals surface area contributed by atoms with Crippen LogP contribution in [-0.2, 0) is 7.05 Å². The molecule has 0 saturated heterocycles. The maximum Gasteiger partial charge on any atom is 0.375 e. The second-order valence-corrected chi connectivity index (χ2v) is 4.01. The number of aryl methyl sites for hydroxylation is 1. The van der Waals surface area contributed by atoms with Crippen molar-refractivity contribution in [2.45, 2.75) is 19.8 Å². The third-order valence-electron chi connectivity index (χ3n) is 2.26. The number of carbonyl (C=O) groups is 1. The van der Waals surface area contributed by atoms with Crippen LogP contribution in [0.4, 0.5) is 0 Å². The van der Waals surface area contributed by atoms with E-state index in [1.165, 1.54) is 4.68 Å². The molecule has 0 radical (unpaired) electrons. The maximum atomic E-state index is 10.9. The smallest absolute Gasteiger partial charge is 0.375 e. The first-order valence-electron chi connectivity index (χ1n) is 5.19. The monoisotopic (exact) mass is 235 g/mol. The Bertz CT molecular complexity index is 555. The molecule has 0 amide bonds. The molecule has 7 nitrogen and oxygen atoms in total. The first kappa shape index (κ1) is 11.3. The minimum absolute atomic E-state index is 0.0672. The summed E-state index contributed by atoms with van der Waals surface area (Å²) in [6, 6.07) is 1.76. The Morgan fingerprint density at radius 2 is 2.12 bits per heavy atom. The number of rotatable bonds is 3. The Hall–Kier alpha value is -2.18. The molecule has 0 aliphatic rings.